The molecule has 0 aromatic carbocycles. The van der Waals surface area contributed by atoms with Crippen molar-refractivity contribution in [2.45, 2.75) is 18.9 Å². The highest BCUT2D eigenvalue weighted by molar-refractivity contribution is 6.32. The van der Waals surface area contributed by atoms with Gasteiger partial charge in [0.05, 0.1) is 13.7 Å². The van der Waals surface area contributed by atoms with E-state index in [9.17, 15) is 9.59 Å². The van der Waals surface area contributed by atoms with Crippen molar-refractivity contribution in [3.63, 3.8) is 0 Å². The molecule has 0 aliphatic heterocycles. The second-order valence-corrected chi connectivity index (χ2v) is 3.21. The van der Waals surface area contributed by atoms with E-state index < -0.39 is 11.9 Å². The van der Waals surface area contributed by atoms with Crippen molar-refractivity contribution in [3.8, 4) is 0 Å². The summed E-state index contributed by atoms with van der Waals surface area (Å²) in [6, 6.07) is 0.205. The molecule has 0 aromatic heterocycles. The summed E-state index contributed by atoms with van der Waals surface area (Å²) in [5.74, 6) is -1.36. The summed E-state index contributed by atoms with van der Waals surface area (Å²) in [5, 5.41) is 0. The molecule has 0 radical (unpaired) electrons. The zero-order valence-electron chi connectivity index (χ0n) is 8.49. The molecule has 0 aromatic rings. The number of methoxy groups -OCH3 is 2. The van der Waals surface area contributed by atoms with Crippen LogP contribution >= 0.6 is 0 Å². The molecule has 0 heterocycles. The molecule has 5 nitrogen and oxygen atoms in total. The van der Waals surface area contributed by atoms with Gasteiger partial charge in [0.2, 0.25) is 0 Å². The quantitative estimate of drug-likeness (QED) is 0.467. The van der Waals surface area contributed by atoms with E-state index in [1.807, 2.05) is 0 Å². The molecule has 1 saturated carbocycles. The van der Waals surface area contributed by atoms with Gasteiger partial charge in [0.25, 0.3) is 0 Å². The number of carbonyl (C=O) groups excluding carboxylic acids is 2. The molecule has 14 heavy (non-hydrogen) atoms. The van der Waals surface area contributed by atoms with Crippen LogP contribution in [-0.4, -0.2) is 50.2 Å². The first-order valence-electron chi connectivity index (χ1n) is 4.58. The standard InChI is InChI=1S/C9H15NO4/c1-13-6-5-10(7-3-4-7)8(11)9(12)14-2/h7H,3-6H2,1-2H3. The number of rotatable bonds is 4. The largest absolute Gasteiger partial charge is 0.462 e. The van der Waals surface area contributed by atoms with Crippen LogP contribution in [0.25, 0.3) is 0 Å². The van der Waals surface area contributed by atoms with Gasteiger partial charge in [-0.2, -0.15) is 0 Å². The lowest BCUT2D eigenvalue weighted by Gasteiger charge is -2.20. The molecular formula is C9H15NO4. The van der Waals surface area contributed by atoms with Gasteiger partial charge in [-0.3, -0.25) is 4.79 Å². The lowest BCUT2D eigenvalue weighted by atomic mass is 10.4. The lowest BCUT2D eigenvalue weighted by molar-refractivity contribution is -0.158. The molecule has 0 N–H and O–H groups in total. The maximum absolute atomic E-state index is 11.5. The van der Waals surface area contributed by atoms with Crippen molar-refractivity contribution in [1.82, 2.24) is 4.90 Å². The predicted molar refractivity (Wildman–Crippen MR) is 48.6 cm³/mol. The third-order valence-electron chi connectivity index (χ3n) is 2.14. The zero-order chi connectivity index (χ0) is 10.6. The average Bonchev–Trinajstić information content (AvgIpc) is 3.01. The topological polar surface area (TPSA) is 55.8 Å². The fraction of sp³-hybridized carbons (Fsp3) is 0.778. The Balaban J connectivity index is 2.48. The number of hydrogen-bond acceptors (Lipinski definition) is 4. The van der Waals surface area contributed by atoms with Gasteiger partial charge in [-0.1, -0.05) is 0 Å². The minimum absolute atomic E-state index is 0.205. The van der Waals surface area contributed by atoms with Gasteiger partial charge < -0.3 is 14.4 Å². The van der Waals surface area contributed by atoms with Crippen LogP contribution in [0.5, 0.6) is 0 Å². The highest BCUT2D eigenvalue weighted by atomic mass is 16.5. The van der Waals surface area contributed by atoms with E-state index in [4.69, 9.17) is 4.74 Å². The summed E-state index contributed by atoms with van der Waals surface area (Å²) in [6.07, 6.45) is 1.93. The van der Waals surface area contributed by atoms with Gasteiger partial charge >= 0.3 is 11.9 Å². The summed E-state index contributed by atoms with van der Waals surface area (Å²) < 4.78 is 9.25. The number of esters is 1. The van der Waals surface area contributed by atoms with Crippen LogP contribution < -0.4 is 0 Å². The van der Waals surface area contributed by atoms with E-state index in [-0.39, 0.29) is 6.04 Å². The van der Waals surface area contributed by atoms with E-state index in [1.54, 1.807) is 7.11 Å². The van der Waals surface area contributed by atoms with E-state index in [0.29, 0.717) is 13.2 Å². The molecule has 5 heteroatoms. The molecule has 1 aliphatic rings. The molecule has 1 rings (SSSR count). The van der Waals surface area contributed by atoms with E-state index >= 15 is 0 Å². The van der Waals surface area contributed by atoms with Crippen LogP contribution in [-0.2, 0) is 19.1 Å². The van der Waals surface area contributed by atoms with Crippen LogP contribution in [0, 0.1) is 0 Å². The lowest BCUT2D eigenvalue weighted by Crippen LogP contribution is -2.40. The Bertz CT molecular complexity index is 225. The Hall–Kier alpha value is -1.10. The summed E-state index contributed by atoms with van der Waals surface area (Å²) in [4.78, 5) is 24.0. The van der Waals surface area contributed by atoms with Crippen molar-refractivity contribution in [2.75, 3.05) is 27.4 Å². The molecule has 1 fully saturated rings. The molecule has 0 saturated heterocycles. The summed E-state index contributed by atoms with van der Waals surface area (Å²) in [7, 11) is 2.77. The molecule has 80 valence electrons. The highest BCUT2D eigenvalue weighted by Crippen LogP contribution is 2.26. The third-order valence-corrected chi connectivity index (χ3v) is 2.14. The average molecular weight is 201 g/mol. The smallest absolute Gasteiger partial charge is 0.396 e. The van der Waals surface area contributed by atoms with Gasteiger partial charge in [0, 0.05) is 19.7 Å². The highest BCUT2D eigenvalue weighted by Gasteiger charge is 2.35. The summed E-state index contributed by atoms with van der Waals surface area (Å²) >= 11 is 0. The van der Waals surface area contributed by atoms with Gasteiger partial charge in [-0.25, -0.2) is 4.79 Å². The molecule has 1 amide bonds. The van der Waals surface area contributed by atoms with Crippen molar-refractivity contribution in [1.29, 1.82) is 0 Å². The van der Waals surface area contributed by atoms with Crippen molar-refractivity contribution in [2.24, 2.45) is 0 Å². The van der Waals surface area contributed by atoms with Gasteiger partial charge in [0.1, 0.15) is 0 Å². The molecular weight excluding hydrogens is 186 g/mol. The first kappa shape index (κ1) is 11.0. The normalized spacial score (nSPS) is 15.0. The van der Waals surface area contributed by atoms with E-state index in [2.05, 4.69) is 4.74 Å². The SMILES string of the molecule is COCCN(C(=O)C(=O)OC)C1CC1. The maximum Gasteiger partial charge on any atom is 0.396 e. The summed E-state index contributed by atoms with van der Waals surface area (Å²) in [5.41, 5.74) is 0. The van der Waals surface area contributed by atoms with Crippen LogP contribution in [0.4, 0.5) is 0 Å². The Labute approximate surface area is 83.0 Å². The molecule has 0 unspecified atom stereocenters. The van der Waals surface area contributed by atoms with Crippen molar-refractivity contribution >= 4 is 11.9 Å². The van der Waals surface area contributed by atoms with Crippen LogP contribution in [0.15, 0.2) is 0 Å². The minimum Gasteiger partial charge on any atom is -0.462 e. The third kappa shape index (κ3) is 2.70. The fourth-order valence-electron chi connectivity index (χ4n) is 1.23. The van der Waals surface area contributed by atoms with E-state index in [1.165, 1.54) is 12.0 Å². The number of amides is 1. The Morgan fingerprint density at radius 3 is 2.43 bits per heavy atom. The Morgan fingerprint density at radius 2 is 2.00 bits per heavy atom. The number of nitrogens with zero attached hydrogens (tertiary/aromatic N) is 1. The number of hydrogen-bond donors (Lipinski definition) is 0. The van der Waals surface area contributed by atoms with Crippen molar-refractivity contribution in [3.05, 3.63) is 0 Å². The number of ether oxygens (including phenoxy) is 2. The summed E-state index contributed by atoms with van der Waals surface area (Å²) in [6.45, 7) is 0.897. The van der Waals surface area contributed by atoms with Crippen LogP contribution in [0.2, 0.25) is 0 Å². The van der Waals surface area contributed by atoms with Crippen molar-refractivity contribution < 1.29 is 19.1 Å². The first-order valence-corrected chi connectivity index (χ1v) is 4.58. The Kier molecular flexibility index (Phi) is 3.88. The molecule has 0 atom stereocenters. The minimum atomic E-state index is -0.798. The predicted octanol–water partition coefficient (Wildman–Crippen LogP) is -0.203. The van der Waals surface area contributed by atoms with E-state index in [0.717, 1.165) is 12.8 Å². The molecule has 1 aliphatic carbocycles. The molecule has 0 spiro atoms. The van der Waals surface area contributed by atoms with Gasteiger partial charge in [-0.05, 0) is 12.8 Å². The van der Waals surface area contributed by atoms with Gasteiger partial charge in [0.15, 0.2) is 0 Å². The fourth-order valence-corrected chi connectivity index (χ4v) is 1.23. The number of carbonyl (C=O) groups is 2. The zero-order valence-corrected chi connectivity index (χ0v) is 8.49. The second-order valence-electron chi connectivity index (χ2n) is 3.21. The Morgan fingerprint density at radius 1 is 1.36 bits per heavy atom. The van der Waals surface area contributed by atoms with Crippen LogP contribution in [0.3, 0.4) is 0 Å². The maximum atomic E-state index is 11.5. The first-order chi connectivity index (χ1) is 6.70. The van der Waals surface area contributed by atoms with Gasteiger partial charge in [-0.15, -0.1) is 0 Å². The monoisotopic (exact) mass is 201 g/mol. The van der Waals surface area contributed by atoms with Crippen LogP contribution in [0.1, 0.15) is 12.8 Å². The molecule has 0 bridgehead atoms. The second kappa shape index (κ2) is 4.95.